The van der Waals surface area contributed by atoms with Gasteiger partial charge in [0.2, 0.25) is 5.95 Å². The van der Waals surface area contributed by atoms with Crippen molar-refractivity contribution >= 4 is 11.9 Å². The first-order valence-electron chi connectivity index (χ1n) is 11.1. The highest BCUT2D eigenvalue weighted by Gasteiger charge is 2.43. The van der Waals surface area contributed by atoms with Gasteiger partial charge in [0.05, 0.1) is 0 Å². The summed E-state index contributed by atoms with van der Waals surface area (Å²) in [4.78, 5) is 21.0. The molecule has 1 aromatic heterocycles. The van der Waals surface area contributed by atoms with Gasteiger partial charge in [-0.1, -0.05) is 6.42 Å². The number of aromatic nitrogens is 2. The fourth-order valence-corrected chi connectivity index (χ4v) is 4.73. The summed E-state index contributed by atoms with van der Waals surface area (Å²) < 4.78 is 0. The van der Waals surface area contributed by atoms with Gasteiger partial charge in [0.15, 0.2) is 5.96 Å². The molecule has 0 bridgehead atoms. The minimum atomic E-state index is 0.623. The van der Waals surface area contributed by atoms with Crippen molar-refractivity contribution in [3.63, 3.8) is 0 Å². The Morgan fingerprint density at radius 3 is 2.54 bits per heavy atom. The first kappa shape index (κ1) is 19.4. The van der Waals surface area contributed by atoms with E-state index in [0.29, 0.717) is 5.41 Å². The third-order valence-corrected chi connectivity index (χ3v) is 6.59. The Morgan fingerprint density at radius 2 is 1.89 bits per heavy atom. The molecule has 7 heteroatoms. The number of hydrogen-bond acceptors (Lipinski definition) is 5. The van der Waals surface area contributed by atoms with E-state index in [4.69, 9.17) is 4.99 Å². The molecule has 0 amide bonds. The molecule has 1 saturated carbocycles. The number of nitrogens with one attached hydrogen (secondary N) is 1. The molecule has 0 unspecified atom stereocenters. The van der Waals surface area contributed by atoms with Gasteiger partial charge in [0.25, 0.3) is 0 Å². The predicted octanol–water partition coefficient (Wildman–Crippen LogP) is 1.83. The number of anilines is 1. The molecule has 2 aliphatic heterocycles. The van der Waals surface area contributed by atoms with Crippen molar-refractivity contribution in [3.05, 3.63) is 18.5 Å². The molecule has 28 heavy (non-hydrogen) atoms. The highest BCUT2D eigenvalue weighted by Crippen LogP contribution is 2.47. The van der Waals surface area contributed by atoms with Crippen molar-refractivity contribution in [1.82, 2.24) is 25.1 Å². The molecule has 1 N–H and O–H groups in total. The fraction of sp³-hybridized carbons (Fsp3) is 0.762. The Balaban J connectivity index is 1.19. The van der Waals surface area contributed by atoms with Gasteiger partial charge in [-0.05, 0) is 44.1 Å². The van der Waals surface area contributed by atoms with Crippen molar-refractivity contribution in [2.45, 2.75) is 39.0 Å². The molecule has 1 spiro atoms. The van der Waals surface area contributed by atoms with Gasteiger partial charge >= 0.3 is 0 Å². The average molecular weight is 386 g/mol. The van der Waals surface area contributed by atoms with Crippen LogP contribution in [0, 0.1) is 5.41 Å². The molecule has 0 radical (unpaired) electrons. The zero-order valence-corrected chi connectivity index (χ0v) is 17.3. The molecule has 1 aliphatic carbocycles. The van der Waals surface area contributed by atoms with E-state index in [1.54, 1.807) is 0 Å². The standard InChI is InChI=1S/C21H35N7/c1-2-22-19(28-13-8-21(18-28)6-3-7-21)25-11-5-12-26-14-16-27(17-15-26)20-23-9-4-10-24-20/h4,9-10H,2-3,5-8,11-18H2,1H3,(H,22,25). The van der Waals surface area contributed by atoms with Crippen molar-refractivity contribution in [3.8, 4) is 0 Å². The van der Waals surface area contributed by atoms with E-state index in [1.165, 1.54) is 38.8 Å². The maximum absolute atomic E-state index is 4.94. The largest absolute Gasteiger partial charge is 0.357 e. The number of rotatable bonds is 6. The van der Waals surface area contributed by atoms with Crippen molar-refractivity contribution in [1.29, 1.82) is 0 Å². The number of aliphatic imine (C=N–C) groups is 1. The summed E-state index contributed by atoms with van der Waals surface area (Å²) in [7, 11) is 0. The molecule has 4 rings (SSSR count). The van der Waals surface area contributed by atoms with E-state index in [2.05, 4.69) is 36.9 Å². The molecule has 3 heterocycles. The Morgan fingerprint density at radius 1 is 1.11 bits per heavy atom. The van der Waals surface area contributed by atoms with Crippen molar-refractivity contribution < 1.29 is 0 Å². The lowest BCUT2D eigenvalue weighted by Gasteiger charge is -2.38. The molecule has 2 saturated heterocycles. The average Bonchev–Trinajstić information content (AvgIpc) is 3.18. The van der Waals surface area contributed by atoms with Gasteiger partial charge in [-0.2, -0.15) is 0 Å². The minimum Gasteiger partial charge on any atom is -0.357 e. The molecule has 154 valence electrons. The smallest absolute Gasteiger partial charge is 0.225 e. The first-order chi connectivity index (χ1) is 13.8. The van der Waals surface area contributed by atoms with Crippen LogP contribution >= 0.6 is 0 Å². The van der Waals surface area contributed by atoms with Gasteiger partial charge in [-0.3, -0.25) is 9.89 Å². The fourth-order valence-electron chi connectivity index (χ4n) is 4.73. The lowest BCUT2D eigenvalue weighted by atomic mass is 9.68. The van der Waals surface area contributed by atoms with Crippen molar-refractivity contribution in [2.75, 3.05) is 63.8 Å². The molecular weight excluding hydrogens is 350 g/mol. The third kappa shape index (κ3) is 4.57. The SMILES string of the molecule is CCNC(=NCCCN1CCN(c2ncccn2)CC1)N1CCC2(CCC2)C1. The quantitative estimate of drug-likeness (QED) is 0.458. The number of piperazine rings is 1. The molecule has 0 atom stereocenters. The zero-order valence-electron chi connectivity index (χ0n) is 17.3. The van der Waals surface area contributed by atoms with Crippen LogP contribution in [0.25, 0.3) is 0 Å². The molecule has 0 aromatic carbocycles. The van der Waals surface area contributed by atoms with Gasteiger partial charge in [0.1, 0.15) is 0 Å². The van der Waals surface area contributed by atoms with Crippen LogP contribution in [-0.4, -0.2) is 84.6 Å². The van der Waals surface area contributed by atoms with Crippen molar-refractivity contribution in [2.24, 2.45) is 10.4 Å². The van der Waals surface area contributed by atoms with E-state index in [-0.39, 0.29) is 0 Å². The van der Waals surface area contributed by atoms with Gasteiger partial charge in [-0.25, -0.2) is 9.97 Å². The summed E-state index contributed by atoms with van der Waals surface area (Å²) in [6.45, 7) is 11.7. The highest BCUT2D eigenvalue weighted by molar-refractivity contribution is 5.80. The first-order valence-corrected chi connectivity index (χ1v) is 11.1. The van der Waals surface area contributed by atoms with E-state index < -0.39 is 0 Å². The van der Waals surface area contributed by atoms with E-state index in [9.17, 15) is 0 Å². The summed E-state index contributed by atoms with van der Waals surface area (Å²) in [5.74, 6) is 1.99. The Bertz CT molecular complexity index is 635. The summed E-state index contributed by atoms with van der Waals surface area (Å²) >= 11 is 0. The Labute approximate surface area is 169 Å². The second-order valence-electron chi connectivity index (χ2n) is 8.49. The topological polar surface area (TPSA) is 59.9 Å². The van der Waals surface area contributed by atoms with Crippen LogP contribution in [0.4, 0.5) is 5.95 Å². The summed E-state index contributed by atoms with van der Waals surface area (Å²) in [5, 5.41) is 3.51. The second kappa shape index (κ2) is 9.07. The molecule has 1 aromatic rings. The molecular formula is C21H35N7. The maximum atomic E-state index is 4.94. The van der Waals surface area contributed by atoms with Crippen LogP contribution in [0.15, 0.2) is 23.5 Å². The van der Waals surface area contributed by atoms with Crippen LogP contribution in [0.2, 0.25) is 0 Å². The van der Waals surface area contributed by atoms with Crippen LogP contribution in [-0.2, 0) is 0 Å². The summed E-state index contributed by atoms with van der Waals surface area (Å²) in [6, 6.07) is 1.87. The maximum Gasteiger partial charge on any atom is 0.225 e. The van der Waals surface area contributed by atoms with E-state index in [1.807, 2.05) is 18.5 Å². The Kier molecular flexibility index (Phi) is 6.29. The third-order valence-electron chi connectivity index (χ3n) is 6.59. The normalized spacial score (nSPS) is 22.5. The second-order valence-corrected chi connectivity index (χ2v) is 8.49. The summed E-state index contributed by atoms with van der Waals surface area (Å²) in [6.07, 6.45) is 10.4. The zero-order chi connectivity index (χ0) is 19.2. The van der Waals surface area contributed by atoms with Crippen LogP contribution in [0.5, 0.6) is 0 Å². The lowest BCUT2D eigenvalue weighted by Crippen LogP contribution is -2.47. The Hall–Kier alpha value is -1.89. The van der Waals surface area contributed by atoms with Gasteiger partial charge in [-0.15, -0.1) is 0 Å². The molecule has 3 fully saturated rings. The predicted molar refractivity (Wildman–Crippen MR) is 114 cm³/mol. The number of nitrogens with zero attached hydrogens (tertiary/aromatic N) is 6. The van der Waals surface area contributed by atoms with E-state index >= 15 is 0 Å². The van der Waals surface area contributed by atoms with Crippen LogP contribution in [0.3, 0.4) is 0 Å². The van der Waals surface area contributed by atoms with Gasteiger partial charge < -0.3 is 15.1 Å². The molecule has 3 aliphatic rings. The minimum absolute atomic E-state index is 0.623. The van der Waals surface area contributed by atoms with Crippen LogP contribution < -0.4 is 10.2 Å². The monoisotopic (exact) mass is 385 g/mol. The number of guanidine groups is 1. The van der Waals surface area contributed by atoms with Crippen LogP contribution in [0.1, 0.15) is 39.0 Å². The number of likely N-dealkylation sites (tertiary alicyclic amines) is 1. The summed E-state index contributed by atoms with van der Waals surface area (Å²) in [5.41, 5.74) is 0.623. The lowest BCUT2D eigenvalue weighted by molar-refractivity contribution is 0.151. The highest BCUT2D eigenvalue weighted by atomic mass is 15.3. The van der Waals surface area contributed by atoms with E-state index in [0.717, 1.165) is 64.1 Å². The number of hydrogen-bond donors (Lipinski definition) is 1. The molecule has 7 nitrogen and oxygen atoms in total. The van der Waals surface area contributed by atoms with Gasteiger partial charge in [0, 0.05) is 71.3 Å².